The van der Waals surface area contributed by atoms with Gasteiger partial charge in [-0.3, -0.25) is 0 Å². The van der Waals surface area contributed by atoms with Crippen molar-refractivity contribution < 1.29 is 9.15 Å². The van der Waals surface area contributed by atoms with Crippen LogP contribution in [-0.4, -0.2) is 4.98 Å². The highest BCUT2D eigenvalue weighted by Crippen LogP contribution is 2.63. The first-order valence-corrected chi connectivity index (χ1v) is 23.5. The number of rotatable bonds is 6. The van der Waals surface area contributed by atoms with Crippen molar-refractivity contribution in [3.05, 3.63) is 253 Å². The van der Waals surface area contributed by atoms with Crippen molar-refractivity contribution in [3.63, 3.8) is 0 Å². The number of oxazole rings is 1. The maximum absolute atomic E-state index is 7.15. The summed E-state index contributed by atoms with van der Waals surface area (Å²) in [5.41, 5.74) is 18.3. The van der Waals surface area contributed by atoms with Crippen LogP contribution in [0.25, 0.3) is 75.8 Å². The standard InChI is InChI=1S/C62H38N2O2S/c1-3-13-39(14-4-1)41-23-27-45(28-24-41)64(56-35-44(43-26-32-55-59(36-43)65-38-63-55)34-50-48-18-8-12-22-60(48)67-61(50)56)46-29-31-54-58(37-46)66-57-21-11-10-20-53(57)62(54)51-19-9-7-17-47(51)49-33-42(25-30-52(49)62)40-15-5-2-6-16-40/h1-38H. The Balaban J connectivity index is 1.02. The van der Waals surface area contributed by atoms with Crippen LogP contribution in [0.2, 0.25) is 0 Å². The SMILES string of the molecule is c1ccc(-c2ccc(N(c3ccc4c(c3)Oc3ccccc3C43c4ccccc4-c4cc(-c5ccccc5)ccc43)c3cc(-c4ccc5ncoc5c4)cc4c3sc3ccccc34)cc2)cc1. The Morgan fingerprint density at radius 2 is 1.04 bits per heavy atom. The predicted molar refractivity (Wildman–Crippen MR) is 275 cm³/mol. The number of hydrogen-bond acceptors (Lipinski definition) is 5. The van der Waals surface area contributed by atoms with Gasteiger partial charge in [0.1, 0.15) is 17.0 Å². The van der Waals surface area contributed by atoms with E-state index < -0.39 is 5.41 Å². The van der Waals surface area contributed by atoms with Crippen molar-refractivity contribution in [1.82, 2.24) is 4.98 Å². The quantitative estimate of drug-likeness (QED) is 0.167. The Morgan fingerprint density at radius 3 is 1.90 bits per heavy atom. The zero-order valence-corrected chi connectivity index (χ0v) is 36.9. The molecule has 1 spiro atoms. The van der Waals surface area contributed by atoms with Gasteiger partial charge in [-0.15, -0.1) is 11.3 Å². The molecule has 12 aromatic rings. The van der Waals surface area contributed by atoms with E-state index >= 15 is 0 Å². The van der Waals surface area contributed by atoms with Crippen LogP contribution in [-0.2, 0) is 5.41 Å². The first-order chi connectivity index (χ1) is 33.2. The van der Waals surface area contributed by atoms with Gasteiger partial charge in [0, 0.05) is 44.0 Å². The monoisotopic (exact) mass is 874 g/mol. The molecule has 1 aliphatic carbocycles. The van der Waals surface area contributed by atoms with E-state index in [1.807, 2.05) is 17.4 Å². The number of para-hydroxylation sites is 1. The van der Waals surface area contributed by atoms with Gasteiger partial charge in [-0.2, -0.15) is 0 Å². The van der Waals surface area contributed by atoms with E-state index in [-0.39, 0.29) is 0 Å². The summed E-state index contributed by atoms with van der Waals surface area (Å²) in [6.07, 6.45) is 1.52. The van der Waals surface area contributed by atoms with Crippen LogP contribution < -0.4 is 9.64 Å². The molecular weight excluding hydrogens is 837 g/mol. The lowest BCUT2D eigenvalue weighted by atomic mass is 9.66. The van der Waals surface area contributed by atoms with Crippen molar-refractivity contribution >= 4 is 59.7 Å². The normalized spacial score (nSPS) is 14.4. The van der Waals surface area contributed by atoms with Crippen molar-refractivity contribution in [2.45, 2.75) is 5.41 Å². The Labute approximate surface area is 391 Å². The Bertz CT molecular complexity index is 3910. The minimum atomic E-state index is -0.607. The fourth-order valence-corrected chi connectivity index (χ4v) is 12.1. The summed E-state index contributed by atoms with van der Waals surface area (Å²) in [4.78, 5) is 6.84. The van der Waals surface area contributed by atoms with E-state index in [2.05, 4.69) is 228 Å². The first-order valence-electron chi connectivity index (χ1n) is 22.7. The molecular formula is C62H38N2O2S. The van der Waals surface area contributed by atoms with Crippen LogP contribution >= 0.6 is 11.3 Å². The summed E-state index contributed by atoms with van der Waals surface area (Å²) in [6.45, 7) is 0. The third kappa shape index (κ3) is 5.75. The fourth-order valence-electron chi connectivity index (χ4n) is 10.9. The first kappa shape index (κ1) is 37.8. The number of fused-ring (bicyclic) bond motifs is 13. The lowest BCUT2D eigenvalue weighted by molar-refractivity contribution is 0.436. The molecule has 1 aliphatic heterocycles. The van der Waals surface area contributed by atoms with Gasteiger partial charge in [0.05, 0.1) is 15.8 Å². The lowest BCUT2D eigenvalue weighted by Crippen LogP contribution is -2.32. The van der Waals surface area contributed by atoms with E-state index in [1.165, 1.54) is 65.5 Å². The highest BCUT2D eigenvalue weighted by Gasteiger charge is 2.51. The average molecular weight is 875 g/mol. The molecule has 0 saturated carbocycles. The molecule has 5 heteroatoms. The summed E-state index contributed by atoms with van der Waals surface area (Å²) < 4.78 is 15.4. The van der Waals surface area contributed by atoms with Gasteiger partial charge < -0.3 is 14.1 Å². The molecule has 0 radical (unpaired) electrons. The maximum Gasteiger partial charge on any atom is 0.181 e. The van der Waals surface area contributed by atoms with Crippen molar-refractivity contribution in [2.24, 2.45) is 0 Å². The molecule has 14 rings (SSSR count). The number of anilines is 3. The van der Waals surface area contributed by atoms with Gasteiger partial charge >= 0.3 is 0 Å². The molecule has 0 fully saturated rings. The van der Waals surface area contributed by atoms with Crippen LogP contribution in [0.5, 0.6) is 11.5 Å². The third-order valence-electron chi connectivity index (χ3n) is 13.9. The van der Waals surface area contributed by atoms with Crippen LogP contribution in [0.15, 0.2) is 235 Å². The topological polar surface area (TPSA) is 38.5 Å². The summed E-state index contributed by atoms with van der Waals surface area (Å²) >= 11 is 1.83. The van der Waals surface area contributed by atoms with Crippen molar-refractivity contribution in [1.29, 1.82) is 0 Å². The minimum Gasteiger partial charge on any atom is -0.457 e. The number of benzene rings is 10. The molecule has 2 aromatic heterocycles. The van der Waals surface area contributed by atoms with Gasteiger partial charge in [-0.1, -0.05) is 158 Å². The van der Waals surface area contributed by atoms with Crippen LogP contribution in [0.3, 0.4) is 0 Å². The highest BCUT2D eigenvalue weighted by atomic mass is 32.1. The second-order valence-electron chi connectivity index (χ2n) is 17.5. The Hall–Kier alpha value is -8.51. The largest absolute Gasteiger partial charge is 0.457 e. The number of nitrogens with zero attached hydrogens (tertiary/aromatic N) is 2. The fraction of sp³-hybridized carbons (Fsp3) is 0.0161. The van der Waals surface area contributed by atoms with Gasteiger partial charge in [0.25, 0.3) is 0 Å². The van der Waals surface area contributed by atoms with Gasteiger partial charge in [-0.05, 0) is 116 Å². The smallest absolute Gasteiger partial charge is 0.181 e. The maximum atomic E-state index is 7.15. The summed E-state index contributed by atoms with van der Waals surface area (Å²) in [5.74, 6) is 1.69. The molecule has 0 bridgehead atoms. The van der Waals surface area contributed by atoms with E-state index in [0.29, 0.717) is 0 Å². The zero-order valence-electron chi connectivity index (χ0n) is 36.1. The zero-order chi connectivity index (χ0) is 44.1. The molecule has 1 atom stereocenters. The van der Waals surface area contributed by atoms with Crippen LogP contribution in [0, 0.1) is 0 Å². The molecule has 0 N–H and O–H groups in total. The van der Waals surface area contributed by atoms with Crippen LogP contribution in [0.4, 0.5) is 17.1 Å². The summed E-state index contributed by atoms with van der Waals surface area (Å²) in [5, 5.41) is 2.43. The highest BCUT2D eigenvalue weighted by molar-refractivity contribution is 7.26. The average Bonchev–Trinajstić information content (AvgIpc) is 4.10. The molecule has 314 valence electrons. The molecule has 0 amide bonds. The Kier molecular flexibility index (Phi) is 8.33. The summed E-state index contributed by atoms with van der Waals surface area (Å²) in [7, 11) is 0. The van der Waals surface area contributed by atoms with E-state index in [0.717, 1.165) is 67.5 Å². The van der Waals surface area contributed by atoms with Gasteiger partial charge in [0.2, 0.25) is 0 Å². The molecule has 0 saturated heterocycles. The van der Waals surface area contributed by atoms with E-state index in [9.17, 15) is 0 Å². The van der Waals surface area contributed by atoms with Gasteiger partial charge in [0.15, 0.2) is 12.0 Å². The molecule has 3 heterocycles. The predicted octanol–water partition coefficient (Wildman–Crippen LogP) is 17.1. The molecule has 1 unspecified atom stereocenters. The second-order valence-corrected chi connectivity index (χ2v) is 18.5. The third-order valence-corrected chi connectivity index (χ3v) is 15.1. The molecule has 67 heavy (non-hydrogen) atoms. The van der Waals surface area contributed by atoms with Gasteiger partial charge in [-0.25, -0.2) is 4.98 Å². The second kappa shape index (κ2) is 14.8. The number of ether oxygens (including phenoxy) is 1. The van der Waals surface area contributed by atoms with Crippen molar-refractivity contribution in [2.75, 3.05) is 4.90 Å². The Morgan fingerprint density at radius 1 is 0.418 bits per heavy atom. The molecule has 2 aliphatic rings. The van der Waals surface area contributed by atoms with Crippen LogP contribution in [0.1, 0.15) is 22.3 Å². The number of thiophene rings is 1. The lowest BCUT2D eigenvalue weighted by Gasteiger charge is -2.40. The minimum absolute atomic E-state index is 0.607. The molecule has 10 aromatic carbocycles. The molecule has 4 nitrogen and oxygen atoms in total. The van der Waals surface area contributed by atoms with E-state index in [1.54, 1.807) is 0 Å². The summed E-state index contributed by atoms with van der Waals surface area (Å²) in [6, 6.07) is 81.4. The number of aromatic nitrogens is 1. The van der Waals surface area contributed by atoms with Crippen molar-refractivity contribution in [3.8, 4) is 56.0 Å². The number of hydrogen-bond donors (Lipinski definition) is 0. The van der Waals surface area contributed by atoms with E-state index in [4.69, 9.17) is 9.15 Å².